The lowest BCUT2D eigenvalue weighted by molar-refractivity contribution is 0.000645. The highest BCUT2D eigenvalue weighted by molar-refractivity contribution is 9.10. The first-order valence-corrected chi connectivity index (χ1v) is 12.2. The predicted molar refractivity (Wildman–Crippen MR) is 135 cm³/mol. The minimum atomic E-state index is -0.915. The number of amides is 1. The van der Waals surface area contributed by atoms with E-state index in [0.29, 0.717) is 29.9 Å². The van der Waals surface area contributed by atoms with E-state index in [-0.39, 0.29) is 23.0 Å². The van der Waals surface area contributed by atoms with Crippen LogP contribution < -0.4 is 5.56 Å². The van der Waals surface area contributed by atoms with Gasteiger partial charge in [-0.3, -0.25) is 9.69 Å². The molecule has 0 aliphatic carbocycles. The molecule has 0 saturated heterocycles. The summed E-state index contributed by atoms with van der Waals surface area (Å²) in [5.41, 5.74) is 3.09. The summed E-state index contributed by atoms with van der Waals surface area (Å²) in [6, 6.07) is 11.5. The topological polar surface area (TPSA) is 99.4 Å². The summed E-state index contributed by atoms with van der Waals surface area (Å²) in [5, 5.41) is 10.9. The van der Waals surface area contributed by atoms with Crippen molar-refractivity contribution in [3.63, 3.8) is 0 Å². The lowest BCUT2D eigenvalue weighted by Gasteiger charge is -2.52. The average molecular weight is 524 g/mol. The van der Waals surface area contributed by atoms with Crippen molar-refractivity contribution < 1.29 is 14.3 Å². The molecule has 5 rings (SSSR count). The van der Waals surface area contributed by atoms with E-state index in [9.17, 15) is 14.7 Å². The van der Waals surface area contributed by atoms with Gasteiger partial charge in [-0.2, -0.15) is 0 Å². The van der Waals surface area contributed by atoms with E-state index in [0.717, 1.165) is 26.5 Å². The number of benzene rings is 2. The summed E-state index contributed by atoms with van der Waals surface area (Å²) < 4.78 is 6.65. The fourth-order valence-corrected chi connectivity index (χ4v) is 6.29. The van der Waals surface area contributed by atoms with Crippen molar-refractivity contribution in [3.8, 4) is 11.4 Å². The van der Waals surface area contributed by atoms with Crippen LogP contribution in [-0.2, 0) is 12.0 Å². The first-order chi connectivity index (χ1) is 16.2. The largest absolute Gasteiger partial charge is 0.465 e. The van der Waals surface area contributed by atoms with E-state index in [1.165, 1.54) is 0 Å². The molecule has 7 nitrogen and oxygen atoms in total. The number of aromatic amines is 1. The lowest BCUT2D eigenvalue weighted by Crippen LogP contribution is -2.59. The molecular formula is C26H26BrN3O4. The molecule has 176 valence electrons. The van der Waals surface area contributed by atoms with Gasteiger partial charge in [0.2, 0.25) is 5.58 Å². The Hall–Kier alpha value is -3.13. The van der Waals surface area contributed by atoms with Crippen LogP contribution in [0.3, 0.4) is 0 Å². The highest BCUT2D eigenvalue weighted by atomic mass is 79.9. The van der Waals surface area contributed by atoms with E-state index < -0.39 is 11.6 Å². The van der Waals surface area contributed by atoms with Crippen LogP contribution in [0.1, 0.15) is 38.8 Å². The number of nitrogens with zero attached hydrogens (tertiary/aromatic N) is 2. The van der Waals surface area contributed by atoms with Crippen LogP contribution in [0.25, 0.3) is 33.5 Å². The van der Waals surface area contributed by atoms with Crippen LogP contribution in [0, 0.1) is 11.8 Å². The van der Waals surface area contributed by atoms with Crippen molar-refractivity contribution in [1.29, 1.82) is 0 Å². The standard InChI is InChI=1S/C26H26BrN3O4/c1-13(2)26(14(3)4)19-7-5-6-17(16(19)10-11-30(26)25(32)33)23-28-21-18-12-15(27)8-9-20(18)34-22(21)24(31)29-23/h5-9,12-14H,10-11H2,1-4H3,(H,32,33)(H,28,29,31). The van der Waals surface area contributed by atoms with Gasteiger partial charge < -0.3 is 14.5 Å². The van der Waals surface area contributed by atoms with Gasteiger partial charge in [-0.1, -0.05) is 61.8 Å². The van der Waals surface area contributed by atoms with Gasteiger partial charge in [0.25, 0.3) is 5.56 Å². The van der Waals surface area contributed by atoms with E-state index in [1.807, 2.05) is 36.4 Å². The van der Waals surface area contributed by atoms with Crippen molar-refractivity contribution in [2.75, 3.05) is 6.54 Å². The second-order valence-electron chi connectivity index (χ2n) is 9.49. The number of nitrogens with one attached hydrogen (secondary N) is 1. The molecule has 0 bridgehead atoms. The number of furan rings is 1. The Morgan fingerprint density at radius 1 is 1.21 bits per heavy atom. The van der Waals surface area contributed by atoms with Crippen molar-refractivity contribution in [2.24, 2.45) is 11.8 Å². The van der Waals surface area contributed by atoms with Crippen LogP contribution in [0.2, 0.25) is 0 Å². The monoisotopic (exact) mass is 523 g/mol. The van der Waals surface area contributed by atoms with Gasteiger partial charge in [0.15, 0.2) is 0 Å². The van der Waals surface area contributed by atoms with E-state index >= 15 is 0 Å². The smallest absolute Gasteiger partial charge is 0.408 e. The molecule has 2 aromatic heterocycles. The predicted octanol–water partition coefficient (Wildman–Crippen LogP) is 6.14. The van der Waals surface area contributed by atoms with Crippen LogP contribution >= 0.6 is 15.9 Å². The summed E-state index contributed by atoms with van der Waals surface area (Å²) in [5.74, 6) is 0.548. The first kappa shape index (κ1) is 22.7. The molecule has 2 aromatic carbocycles. The minimum absolute atomic E-state index is 0.0440. The van der Waals surface area contributed by atoms with Crippen molar-refractivity contribution in [3.05, 3.63) is 62.4 Å². The number of rotatable bonds is 3. The van der Waals surface area contributed by atoms with Gasteiger partial charge in [-0.25, -0.2) is 9.78 Å². The third-order valence-electron chi connectivity index (χ3n) is 7.17. The van der Waals surface area contributed by atoms with E-state index in [4.69, 9.17) is 9.40 Å². The van der Waals surface area contributed by atoms with Gasteiger partial charge in [-0.05, 0) is 47.6 Å². The summed E-state index contributed by atoms with van der Waals surface area (Å²) in [6.45, 7) is 8.65. The van der Waals surface area contributed by atoms with Gasteiger partial charge >= 0.3 is 6.09 Å². The van der Waals surface area contributed by atoms with Crippen LogP contribution in [-0.4, -0.2) is 32.6 Å². The number of hydrogen-bond donors (Lipinski definition) is 2. The Bertz CT molecular complexity index is 1490. The highest BCUT2D eigenvalue weighted by Crippen LogP contribution is 2.48. The third kappa shape index (κ3) is 3.11. The number of carboxylic acid groups (broad SMARTS) is 1. The molecule has 3 heterocycles. The second kappa shape index (κ2) is 7.98. The zero-order valence-corrected chi connectivity index (χ0v) is 21.1. The summed E-state index contributed by atoms with van der Waals surface area (Å²) in [6.07, 6.45) is -0.375. The molecule has 0 saturated carbocycles. The Balaban J connectivity index is 1.79. The maximum Gasteiger partial charge on any atom is 0.408 e. The zero-order valence-electron chi connectivity index (χ0n) is 19.5. The SMILES string of the molecule is CC(C)C1(C(C)C)c2cccc(-c3nc4c(oc5ccc(Br)cc54)c(=O)[nH]3)c2CCN1C(=O)O. The number of carbonyl (C=O) groups is 1. The second-order valence-corrected chi connectivity index (χ2v) is 10.4. The Kier molecular flexibility index (Phi) is 5.31. The maximum atomic E-state index is 13.0. The Morgan fingerprint density at radius 3 is 2.62 bits per heavy atom. The Morgan fingerprint density at radius 2 is 1.94 bits per heavy atom. The molecule has 2 N–H and O–H groups in total. The quantitative estimate of drug-likeness (QED) is 0.335. The number of H-pyrrole nitrogens is 1. The zero-order chi connectivity index (χ0) is 24.4. The molecule has 1 amide bonds. The van der Waals surface area contributed by atoms with Gasteiger partial charge in [-0.15, -0.1) is 0 Å². The molecule has 1 aliphatic rings. The van der Waals surface area contributed by atoms with Crippen molar-refractivity contribution in [1.82, 2.24) is 14.9 Å². The number of aromatic nitrogens is 2. The third-order valence-corrected chi connectivity index (χ3v) is 7.66. The average Bonchev–Trinajstić information content (AvgIpc) is 3.15. The molecule has 0 spiro atoms. The van der Waals surface area contributed by atoms with Gasteiger partial charge in [0.05, 0.1) is 5.54 Å². The molecule has 4 aromatic rings. The number of hydrogen-bond acceptors (Lipinski definition) is 4. The highest BCUT2D eigenvalue weighted by Gasteiger charge is 2.50. The van der Waals surface area contributed by atoms with E-state index in [2.05, 4.69) is 48.6 Å². The van der Waals surface area contributed by atoms with Gasteiger partial charge in [0.1, 0.15) is 16.9 Å². The first-order valence-electron chi connectivity index (χ1n) is 11.4. The van der Waals surface area contributed by atoms with Crippen molar-refractivity contribution >= 4 is 44.1 Å². The maximum absolute atomic E-state index is 13.0. The molecule has 1 aliphatic heterocycles. The van der Waals surface area contributed by atoms with Crippen LogP contribution in [0.15, 0.2) is 50.1 Å². The summed E-state index contributed by atoms with van der Waals surface area (Å²) >= 11 is 3.48. The summed E-state index contributed by atoms with van der Waals surface area (Å²) in [7, 11) is 0. The fraction of sp³-hybridized carbons (Fsp3) is 0.346. The molecule has 8 heteroatoms. The minimum Gasteiger partial charge on any atom is -0.465 e. The number of halogens is 1. The fourth-order valence-electron chi connectivity index (χ4n) is 5.93. The lowest BCUT2D eigenvalue weighted by atomic mass is 9.66. The summed E-state index contributed by atoms with van der Waals surface area (Å²) in [4.78, 5) is 34.6. The molecular weight excluding hydrogens is 498 g/mol. The van der Waals surface area contributed by atoms with Gasteiger partial charge in [0, 0.05) is 22.0 Å². The normalized spacial score (nSPS) is 15.4. The number of fused-ring (bicyclic) bond motifs is 4. The molecule has 0 atom stereocenters. The van der Waals surface area contributed by atoms with Crippen LogP contribution in [0.5, 0.6) is 0 Å². The van der Waals surface area contributed by atoms with Crippen molar-refractivity contribution in [2.45, 2.75) is 39.7 Å². The Labute approximate surface area is 204 Å². The molecule has 0 fully saturated rings. The molecule has 0 radical (unpaired) electrons. The van der Waals surface area contributed by atoms with Crippen LogP contribution in [0.4, 0.5) is 4.79 Å². The van der Waals surface area contributed by atoms with E-state index in [1.54, 1.807) is 4.90 Å². The molecule has 0 unspecified atom stereocenters. The molecule has 34 heavy (non-hydrogen) atoms.